The largest absolute Gasteiger partial charge is 0.486 e. The molecule has 1 aromatic heterocycles. The van der Waals surface area contributed by atoms with Crippen LogP contribution >= 0.6 is 11.3 Å². The fourth-order valence-electron chi connectivity index (χ4n) is 1.70. The molecule has 0 radical (unpaired) electrons. The minimum Gasteiger partial charge on any atom is -0.486 e. The van der Waals surface area contributed by atoms with Crippen LogP contribution in [0.25, 0.3) is 0 Å². The predicted octanol–water partition coefficient (Wildman–Crippen LogP) is 2.29. The first-order valence-electron chi connectivity index (χ1n) is 5.96. The van der Waals surface area contributed by atoms with E-state index in [4.69, 9.17) is 9.88 Å². The molecule has 2 rings (SSSR count). The highest BCUT2D eigenvalue weighted by Gasteiger charge is 2.11. The van der Waals surface area contributed by atoms with Crippen molar-refractivity contribution in [2.45, 2.75) is 32.3 Å². The number of aromatic nitrogens is 1. The Bertz CT molecular complexity index is 717. The van der Waals surface area contributed by atoms with Gasteiger partial charge in [-0.1, -0.05) is 0 Å². The zero-order valence-electron chi connectivity index (χ0n) is 11.5. The van der Waals surface area contributed by atoms with Crippen LogP contribution in [0.15, 0.2) is 23.1 Å². The molecule has 1 aromatic carbocycles. The third-order valence-corrected chi connectivity index (χ3v) is 4.86. The van der Waals surface area contributed by atoms with Crippen molar-refractivity contribution in [2.24, 2.45) is 5.14 Å². The van der Waals surface area contributed by atoms with Gasteiger partial charge in [-0.05, 0) is 44.5 Å². The second-order valence-electron chi connectivity index (χ2n) is 4.51. The summed E-state index contributed by atoms with van der Waals surface area (Å²) < 4.78 is 28.2. The van der Waals surface area contributed by atoms with Gasteiger partial charge in [-0.15, -0.1) is 11.3 Å². The molecule has 0 saturated carbocycles. The van der Waals surface area contributed by atoms with Gasteiger partial charge in [0, 0.05) is 4.88 Å². The standard InChI is InChI=1S/C13H16N2O3S2/c1-8-6-11(20(14,16)17)4-5-12(8)18-7-13-15-9(2)10(3)19-13/h4-6H,7H2,1-3H3,(H2,14,16,17). The summed E-state index contributed by atoms with van der Waals surface area (Å²) in [6.07, 6.45) is 0. The molecule has 5 nitrogen and oxygen atoms in total. The number of thiazole rings is 1. The van der Waals surface area contributed by atoms with Crippen molar-refractivity contribution >= 4 is 21.4 Å². The molecule has 0 bridgehead atoms. The van der Waals surface area contributed by atoms with E-state index in [9.17, 15) is 8.42 Å². The fourth-order valence-corrected chi connectivity index (χ4v) is 3.15. The number of ether oxygens (including phenoxy) is 1. The number of rotatable bonds is 4. The van der Waals surface area contributed by atoms with E-state index in [2.05, 4.69) is 4.98 Å². The summed E-state index contributed by atoms with van der Waals surface area (Å²) in [6.45, 7) is 6.13. The van der Waals surface area contributed by atoms with Gasteiger partial charge in [-0.2, -0.15) is 0 Å². The molecule has 1 heterocycles. The van der Waals surface area contributed by atoms with E-state index in [0.29, 0.717) is 12.4 Å². The highest BCUT2D eigenvalue weighted by atomic mass is 32.2. The summed E-state index contributed by atoms with van der Waals surface area (Å²) in [5, 5.41) is 5.98. The van der Waals surface area contributed by atoms with Gasteiger partial charge in [-0.25, -0.2) is 18.5 Å². The Morgan fingerprint density at radius 3 is 2.50 bits per heavy atom. The topological polar surface area (TPSA) is 82.3 Å². The van der Waals surface area contributed by atoms with Crippen LogP contribution in [0.2, 0.25) is 0 Å². The molecule has 0 fully saturated rings. The van der Waals surface area contributed by atoms with Crippen molar-refractivity contribution in [3.05, 3.63) is 39.3 Å². The van der Waals surface area contributed by atoms with Gasteiger partial charge in [-0.3, -0.25) is 0 Å². The lowest BCUT2D eigenvalue weighted by molar-refractivity contribution is 0.303. The molecule has 0 aliphatic carbocycles. The van der Waals surface area contributed by atoms with E-state index in [0.717, 1.165) is 16.3 Å². The second-order valence-corrected chi connectivity index (χ2v) is 7.36. The van der Waals surface area contributed by atoms with Crippen molar-refractivity contribution in [2.75, 3.05) is 0 Å². The Labute approximate surface area is 122 Å². The lowest BCUT2D eigenvalue weighted by Gasteiger charge is -2.08. The van der Waals surface area contributed by atoms with E-state index >= 15 is 0 Å². The quantitative estimate of drug-likeness (QED) is 0.939. The number of hydrogen-bond donors (Lipinski definition) is 1. The normalized spacial score (nSPS) is 11.6. The monoisotopic (exact) mass is 312 g/mol. The van der Waals surface area contributed by atoms with Crippen LogP contribution < -0.4 is 9.88 Å². The van der Waals surface area contributed by atoms with Crippen molar-refractivity contribution in [1.82, 2.24) is 4.98 Å². The summed E-state index contributed by atoms with van der Waals surface area (Å²) in [7, 11) is -3.68. The highest BCUT2D eigenvalue weighted by molar-refractivity contribution is 7.89. The number of sulfonamides is 1. The molecular formula is C13H16N2O3S2. The van der Waals surface area contributed by atoms with E-state index in [1.807, 2.05) is 13.8 Å². The zero-order valence-corrected chi connectivity index (χ0v) is 13.1. The van der Waals surface area contributed by atoms with Gasteiger partial charge < -0.3 is 4.74 Å². The SMILES string of the molecule is Cc1cc(S(N)(=O)=O)ccc1OCc1nc(C)c(C)s1. The number of nitrogens with zero attached hydrogens (tertiary/aromatic N) is 1. The van der Waals surface area contributed by atoms with E-state index in [1.54, 1.807) is 24.3 Å². The molecule has 0 spiro atoms. The maximum Gasteiger partial charge on any atom is 0.238 e. The second kappa shape index (κ2) is 5.51. The molecule has 0 saturated heterocycles. The van der Waals surface area contributed by atoms with Gasteiger partial charge in [0.05, 0.1) is 10.6 Å². The number of aryl methyl sites for hydroxylation is 3. The molecule has 2 N–H and O–H groups in total. The van der Waals surface area contributed by atoms with Crippen LogP contribution in [-0.4, -0.2) is 13.4 Å². The lowest BCUT2D eigenvalue weighted by Crippen LogP contribution is -2.12. The van der Waals surface area contributed by atoms with E-state index < -0.39 is 10.0 Å². The minimum absolute atomic E-state index is 0.0864. The Kier molecular flexibility index (Phi) is 4.12. The Hall–Kier alpha value is -1.44. The average molecular weight is 312 g/mol. The molecule has 0 aliphatic heterocycles. The zero-order chi connectivity index (χ0) is 14.9. The van der Waals surface area contributed by atoms with E-state index in [1.165, 1.54) is 17.0 Å². The van der Waals surface area contributed by atoms with Gasteiger partial charge in [0.1, 0.15) is 17.4 Å². The van der Waals surface area contributed by atoms with Crippen LogP contribution in [-0.2, 0) is 16.6 Å². The smallest absolute Gasteiger partial charge is 0.238 e. The molecule has 0 atom stereocenters. The summed E-state index contributed by atoms with van der Waals surface area (Å²) in [6, 6.07) is 4.56. The van der Waals surface area contributed by atoms with Crippen molar-refractivity contribution < 1.29 is 13.2 Å². The first kappa shape index (κ1) is 15.0. The molecule has 20 heavy (non-hydrogen) atoms. The van der Waals surface area contributed by atoms with Gasteiger partial charge in [0.2, 0.25) is 10.0 Å². The van der Waals surface area contributed by atoms with Crippen molar-refractivity contribution in [3.63, 3.8) is 0 Å². The van der Waals surface area contributed by atoms with Gasteiger partial charge in [0.25, 0.3) is 0 Å². The van der Waals surface area contributed by atoms with Crippen molar-refractivity contribution in [3.8, 4) is 5.75 Å². The summed E-state index contributed by atoms with van der Waals surface area (Å²) in [5.41, 5.74) is 1.73. The molecule has 2 aromatic rings. The van der Waals surface area contributed by atoms with Gasteiger partial charge >= 0.3 is 0 Å². The molecule has 108 valence electrons. The first-order valence-corrected chi connectivity index (χ1v) is 8.33. The van der Waals surface area contributed by atoms with Crippen LogP contribution in [0.1, 0.15) is 21.1 Å². The highest BCUT2D eigenvalue weighted by Crippen LogP contribution is 2.23. The van der Waals surface area contributed by atoms with Crippen LogP contribution in [0.3, 0.4) is 0 Å². The summed E-state index contributed by atoms with van der Waals surface area (Å²) >= 11 is 1.59. The third kappa shape index (κ3) is 3.36. The summed E-state index contributed by atoms with van der Waals surface area (Å²) in [4.78, 5) is 5.65. The molecule has 7 heteroatoms. The fraction of sp³-hybridized carbons (Fsp3) is 0.308. The molecule has 0 amide bonds. The Morgan fingerprint density at radius 2 is 2.00 bits per heavy atom. The van der Waals surface area contributed by atoms with Crippen molar-refractivity contribution in [1.29, 1.82) is 0 Å². The van der Waals surface area contributed by atoms with Gasteiger partial charge in [0.15, 0.2) is 0 Å². The van der Waals surface area contributed by atoms with Crippen LogP contribution in [0.4, 0.5) is 0 Å². The number of benzene rings is 1. The molecule has 0 unspecified atom stereocenters. The Balaban J connectivity index is 2.14. The predicted molar refractivity (Wildman–Crippen MR) is 78.5 cm³/mol. The average Bonchev–Trinajstić information content (AvgIpc) is 2.66. The Morgan fingerprint density at radius 1 is 1.30 bits per heavy atom. The summed E-state index contributed by atoms with van der Waals surface area (Å²) in [5.74, 6) is 0.628. The van der Waals surface area contributed by atoms with E-state index in [-0.39, 0.29) is 4.90 Å². The molecule has 0 aliphatic rings. The molecular weight excluding hydrogens is 296 g/mol. The lowest BCUT2D eigenvalue weighted by atomic mass is 10.2. The number of nitrogens with two attached hydrogens (primary N) is 1. The maximum absolute atomic E-state index is 11.2. The van der Waals surface area contributed by atoms with Crippen LogP contribution in [0.5, 0.6) is 5.75 Å². The maximum atomic E-state index is 11.2. The minimum atomic E-state index is -3.68. The first-order chi connectivity index (χ1) is 9.27. The number of hydrogen-bond acceptors (Lipinski definition) is 5. The number of primary sulfonamides is 1. The third-order valence-electron chi connectivity index (χ3n) is 2.90. The van der Waals surface area contributed by atoms with Crippen LogP contribution in [0, 0.1) is 20.8 Å².